The molecule has 0 unspecified atom stereocenters. The summed E-state index contributed by atoms with van der Waals surface area (Å²) in [4.78, 5) is 0. The number of rotatable bonds is 3. The Morgan fingerprint density at radius 3 is 2.75 bits per heavy atom. The van der Waals surface area contributed by atoms with E-state index in [0.717, 1.165) is 36.9 Å². The van der Waals surface area contributed by atoms with Gasteiger partial charge in [0.05, 0.1) is 13.2 Å². The van der Waals surface area contributed by atoms with Gasteiger partial charge in [-0.3, -0.25) is 5.43 Å². The minimum absolute atomic E-state index is 0.694. The van der Waals surface area contributed by atoms with Gasteiger partial charge in [-0.1, -0.05) is 23.2 Å². The van der Waals surface area contributed by atoms with E-state index in [9.17, 15) is 0 Å². The van der Waals surface area contributed by atoms with Crippen molar-refractivity contribution in [2.75, 3.05) is 26.3 Å². The number of hydrazine groups is 1. The summed E-state index contributed by atoms with van der Waals surface area (Å²) in [6, 6.07) is 5.50. The van der Waals surface area contributed by atoms with Gasteiger partial charge in [0.25, 0.3) is 0 Å². The minimum Gasteiger partial charge on any atom is -0.379 e. The highest BCUT2D eigenvalue weighted by molar-refractivity contribution is 6.33. The molecule has 88 valence electrons. The van der Waals surface area contributed by atoms with Gasteiger partial charge >= 0.3 is 0 Å². The predicted octanol–water partition coefficient (Wildman–Crippen LogP) is 2.33. The molecule has 1 aromatic rings. The van der Waals surface area contributed by atoms with Crippen molar-refractivity contribution in [3.63, 3.8) is 0 Å². The Labute approximate surface area is 105 Å². The van der Waals surface area contributed by atoms with Gasteiger partial charge in [0.2, 0.25) is 0 Å². The van der Waals surface area contributed by atoms with Gasteiger partial charge in [-0.2, -0.15) is 0 Å². The van der Waals surface area contributed by atoms with E-state index in [-0.39, 0.29) is 0 Å². The quantitative estimate of drug-likeness (QED) is 0.903. The lowest BCUT2D eigenvalue weighted by Crippen LogP contribution is -2.45. The SMILES string of the molecule is Clc1ccc(Cl)c(CNN2CCOCC2)c1. The van der Waals surface area contributed by atoms with Gasteiger partial charge < -0.3 is 4.74 Å². The summed E-state index contributed by atoms with van der Waals surface area (Å²) in [6.45, 7) is 4.04. The van der Waals surface area contributed by atoms with Crippen molar-refractivity contribution >= 4 is 23.2 Å². The molecule has 2 rings (SSSR count). The van der Waals surface area contributed by atoms with Crippen LogP contribution in [0.1, 0.15) is 5.56 Å². The lowest BCUT2D eigenvalue weighted by Gasteiger charge is -2.27. The molecule has 5 heteroatoms. The van der Waals surface area contributed by atoms with Crippen LogP contribution in [0.3, 0.4) is 0 Å². The van der Waals surface area contributed by atoms with Crippen LogP contribution in [-0.2, 0) is 11.3 Å². The van der Waals surface area contributed by atoms with Crippen molar-refractivity contribution < 1.29 is 4.74 Å². The summed E-state index contributed by atoms with van der Waals surface area (Å²) in [5, 5.41) is 3.59. The van der Waals surface area contributed by atoms with Crippen molar-refractivity contribution in [3.8, 4) is 0 Å². The molecule has 1 N–H and O–H groups in total. The maximum atomic E-state index is 6.07. The predicted molar refractivity (Wildman–Crippen MR) is 65.7 cm³/mol. The third-order valence-electron chi connectivity index (χ3n) is 2.51. The van der Waals surface area contributed by atoms with Crippen LogP contribution in [0.2, 0.25) is 10.0 Å². The van der Waals surface area contributed by atoms with Gasteiger partial charge in [-0.25, -0.2) is 5.01 Å². The molecule has 1 fully saturated rings. The lowest BCUT2D eigenvalue weighted by atomic mass is 10.2. The fraction of sp³-hybridized carbons (Fsp3) is 0.455. The fourth-order valence-electron chi connectivity index (χ4n) is 1.60. The van der Waals surface area contributed by atoms with Crippen LogP contribution in [0.4, 0.5) is 0 Å². The number of nitrogens with one attached hydrogen (secondary N) is 1. The van der Waals surface area contributed by atoms with Crippen molar-refractivity contribution in [2.45, 2.75) is 6.54 Å². The van der Waals surface area contributed by atoms with Gasteiger partial charge in [-0.15, -0.1) is 0 Å². The minimum atomic E-state index is 0.694. The first-order valence-corrected chi connectivity index (χ1v) is 6.01. The average Bonchev–Trinajstić information content (AvgIpc) is 2.32. The Morgan fingerprint density at radius 1 is 1.25 bits per heavy atom. The molecule has 0 saturated carbocycles. The van der Waals surface area contributed by atoms with Crippen molar-refractivity contribution in [2.24, 2.45) is 0 Å². The highest BCUT2D eigenvalue weighted by Gasteiger charge is 2.10. The Bertz CT molecular complexity index is 354. The van der Waals surface area contributed by atoms with Gasteiger partial charge in [-0.05, 0) is 23.8 Å². The molecule has 0 amide bonds. The largest absolute Gasteiger partial charge is 0.379 e. The summed E-state index contributed by atoms with van der Waals surface area (Å²) >= 11 is 12.0. The van der Waals surface area contributed by atoms with Crippen molar-refractivity contribution in [3.05, 3.63) is 33.8 Å². The summed E-state index contributed by atoms with van der Waals surface area (Å²) in [5.41, 5.74) is 4.33. The first kappa shape index (κ1) is 12.1. The molecule has 0 bridgehead atoms. The van der Waals surface area contributed by atoms with Crippen LogP contribution in [0, 0.1) is 0 Å². The van der Waals surface area contributed by atoms with E-state index < -0.39 is 0 Å². The molecular formula is C11H14Cl2N2O. The maximum absolute atomic E-state index is 6.07. The van der Waals surface area contributed by atoms with Crippen LogP contribution >= 0.6 is 23.2 Å². The van der Waals surface area contributed by atoms with Gasteiger partial charge in [0, 0.05) is 29.7 Å². The summed E-state index contributed by atoms with van der Waals surface area (Å²) in [7, 11) is 0. The molecule has 1 heterocycles. The topological polar surface area (TPSA) is 24.5 Å². The van der Waals surface area contributed by atoms with E-state index in [0.29, 0.717) is 11.6 Å². The Hall–Kier alpha value is -0.320. The second-order valence-electron chi connectivity index (χ2n) is 3.67. The number of nitrogens with zero attached hydrogens (tertiary/aromatic N) is 1. The van der Waals surface area contributed by atoms with E-state index in [1.54, 1.807) is 6.07 Å². The van der Waals surface area contributed by atoms with E-state index in [1.807, 2.05) is 12.1 Å². The van der Waals surface area contributed by atoms with Gasteiger partial charge in [0.1, 0.15) is 0 Å². The molecular weight excluding hydrogens is 247 g/mol. The number of hydrogen-bond donors (Lipinski definition) is 1. The molecule has 0 spiro atoms. The zero-order valence-electron chi connectivity index (χ0n) is 8.88. The maximum Gasteiger partial charge on any atom is 0.0608 e. The number of benzene rings is 1. The summed E-state index contributed by atoms with van der Waals surface area (Å²) in [5.74, 6) is 0. The highest BCUT2D eigenvalue weighted by atomic mass is 35.5. The van der Waals surface area contributed by atoms with Crippen molar-refractivity contribution in [1.29, 1.82) is 0 Å². The van der Waals surface area contributed by atoms with Crippen LogP contribution in [-0.4, -0.2) is 31.3 Å². The molecule has 0 radical (unpaired) electrons. The Kier molecular flexibility index (Phi) is 4.44. The van der Waals surface area contributed by atoms with Gasteiger partial charge in [0.15, 0.2) is 0 Å². The first-order valence-electron chi connectivity index (χ1n) is 5.26. The molecule has 3 nitrogen and oxygen atoms in total. The first-order chi connectivity index (χ1) is 7.75. The average molecular weight is 261 g/mol. The Morgan fingerprint density at radius 2 is 2.00 bits per heavy atom. The molecule has 1 aliphatic rings. The number of ether oxygens (including phenoxy) is 1. The number of morpholine rings is 1. The molecule has 16 heavy (non-hydrogen) atoms. The molecule has 1 aliphatic heterocycles. The fourth-order valence-corrected chi connectivity index (χ4v) is 1.98. The van der Waals surface area contributed by atoms with Crippen molar-refractivity contribution in [1.82, 2.24) is 10.4 Å². The zero-order chi connectivity index (χ0) is 11.4. The number of hydrogen-bond acceptors (Lipinski definition) is 3. The molecule has 0 aromatic heterocycles. The molecule has 1 aromatic carbocycles. The standard InChI is InChI=1S/C11H14Cl2N2O/c12-10-1-2-11(13)9(7-10)8-14-15-3-5-16-6-4-15/h1-2,7,14H,3-6,8H2. The Balaban J connectivity index is 1.90. The lowest BCUT2D eigenvalue weighted by molar-refractivity contribution is 0.0106. The molecule has 0 atom stereocenters. The highest BCUT2D eigenvalue weighted by Crippen LogP contribution is 2.20. The molecule has 0 aliphatic carbocycles. The van der Waals surface area contributed by atoms with Crippen LogP contribution in [0.5, 0.6) is 0 Å². The second-order valence-corrected chi connectivity index (χ2v) is 4.51. The monoisotopic (exact) mass is 260 g/mol. The van der Waals surface area contributed by atoms with E-state index in [1.165, 1.54) is 0 Å². The molecule has 1 saturated heterocycles. The third-order valence-corrected chi connectivity index (χ3v) is 3.12. The normalized spacial score (nSPS) is 17.6. The van der Waals surface area contributed by atoms with E-state index in [4.69, 9.17) is 27.9 Å². The summed E-state index contributed by atoms with van der Waals surface area (Å²) in [6.07, 6.45) is 0. The van der Waals surface area contributed by atoms with E-state index in [2.05, 4.69) is 10.4 Å². The zero-order valence-corrected chi connectivity index (χ0v) is 10.4. The number of halogens is 2. The smallest absolute Gasteiger partial charge is 0.0608 e. The summed E-state index contributed by atoms with van der Waals surface area (Å²) < 4.78 is 5.27. The van der Waals surface area contributed by atoms with E-state index >= 15 is 0 Å². The van der Waals surface area contributed by atoms with Crippen LogP contribution in [0.25, 0.3) is 0 Å². The second kappa shape index (κ2) is 5.84. The van der Waals surface area contributed by atoms with Crippen LogP contribution in [0.15, 0.2) is 18.2 Å². The third kappa shape index (κ3) is 3.34. The van der Waals surface area contributed by atoms with Crippen LogP contribution < -0.4 is 5.43 Å².